The molecule has 88 valence electrons. The van der Waals surface area contributed by atoms with Crippen LogP contribution < -0.4 is 11.5 Å². The van der Waals surface area contributed by atoms with Gasteiger partial charge in [0.25, 0.3) is 0 Å². The second-order valence-electron chi connectivity index (χ2n) is 3.33. The van der Waals surface area contributed by atoms with Crippen molar-refractivity contribution in [2.45, 2.75) is 19.1 Å². The lowest BCUT2D eigenvalue weighted by molar-refractivity contribution is -0.146. The SMILES string of the molecule is C[C@H](N)C(=O)N1CCOC(C(N)=O)C1.Cl. The fraction of sp³-hybridized carbons (Fsp3) is 0.750. The maximum absolute atomic E-state index is 11.5. The summed E-state index contributed by atoms with van der Waals surface area (Å²) in [6.07, 6.45) is -0.702. The van der Waals surface area contributed by atoms with E-state index in [-0.39, 0.29) is 24.9 Å². The summed E-state index contributed by atoms with van der Waals surface area (Å²) in [4.78, 5) is 23.8. The van der Waals surface area contributed by atoms with Crippen LogP contribution >= 0.6 is 12.4 Å². The topological polar surface area (TPSA) is 98.7 Å². The average Bonchev–Trinajstić information content (AvgIpc) is 2.16. The van der Waals surface area contributed by atoms with Gasteiger partial charge in [0.05, 0.1) is 19.2 Å². The van der Waals surface area contributed by atoms with Crippen molar-refractivity contribution in [1.29, 1.82) is 0 Å². The highest BCUT2D eigenvalue weighted by atomic mass is 35.5. The van der Waals surface area contributed by atoms with Gasteiger partial charge in [-0.15, -0.1) is 12.4 Å². The van der Waals surface area contributed by atoms with E-state index in [4.69, 9.17) is 16.2 Å². The molecule has 1 unspecified atom stereocenters. The van der Waals surface area contributed by atoms with E-state index in [0.29, 0.717) is 13.2 Å². The van der Waals surface area contributed by atoms with E-state index < -0.39 is 18.1 Å². The highest BCUT2D eigenvalue weighted by Crippen LogP contribution is 2.05. The Morgan fingerprint density at radius 3 is 2.60 bits per heavy atom. The van der Waals surface area contributed by atoms with Crippen LogP contribution in [0.2, 0.25) is 0 Å². The number of morpholine rings is 1. The van der Waals surface area contributed by atoms with Crippen LogP contribution in [-0.2, 0) is 14.3 Å². The molecule has 6 nitrogen and oxygen atoms in total. The molecule has 1 fully saturated rings. The van der Waals surface area contributed by atoms with E-state index >= 15 is 0 Å². The van der Waals surface area contributed by atoms with Crippen molar-refractivity contribution >= 4 is 24.2 Å². The number of carbonyl (C=O) groups excluding carboxylic acids is 2. The number of rotatable bonds is 2. The van der Waals surface area contributed by atoms with Crippen LogP contribution in [0.1, 0.15) is 6.92 Å². The van der Waals surface area contributed by atoms with Crippen LogP contribution in [0.15, 0.2) is 0 Å². The molecule has 7 heteroatoms. The van der Waals surface area contributed by atoms with Crippen molar-refractivity contribution < 1.29 is 14.3 Å². The number of hydrogen-bond donors (Lipinski definition) is 2. The fourth-order valence-corrected chi connectivity index (χ4v) is 1.31. The minimum absolute atomic E-state index is 0. The van der Waals surface area contributed by atoms with Gasteiger partial charge in [-0.05, 0) is 6.92 Å². The highest BCUT2D eigenvalue weighted by Gasteiger charge is 2.28. The number of ether oxygens (including phenoxy) is 1. The minimum Gasteiger partial charge on any atom is -0.367 e. The third kappa shape index (κ3) is 3.65. The lowest BCUT2D eigenvalue weighted by Gasteiger charge is -2.32. The third-order valence-electron chi connectivity index (χ3n) is 2.08. The molecule has 1 aliphatic heterocycles. The molecular formula is C8H16ClN3O3. The van der Waals surface area contributed by atoms with Crippen LogP contribution in [0.3, 0.4) is 0 Å². The first-order valence-electron chi connectivity index (χ1n) is 4.47. The standard InChI is InChI=1S/C8H15N3O3.ClH/c1-5(9)8(13)11-2-3-14-6(4-11)7(10)12;/h5-6H,2-4,9H2,1H3,(H2,10,12);1H/t5-,6?;/m0./s1. The zero-order valence-corrected chi connectivity index (χ0v) is 9.33. The lowest BCUT2D eigenvalue weighted by atomic mass is 10.2. The monoisotopic (exact) mass is 237 g/mol. The van der Waals surface area contributed by atoms with Gasteiger partial charge in [0.1, 0.15) is 0 Å². The van der Waals surface area contributed by atoms with Crippen molar-refractivity contribution in [1.82, 2.24) is 4.90 Å². The Bertz CT molecular complexity index is 247. The molecule has 0 aromatic heterocycles. The smallest absolute Gasteiger partial charge is 0.248 e. The second kappa shape index (κ2) is 5.89. The zero-order valence-electron chi connectivity index (χ0n) is 8.51. The first-order valence-corrected chi connectivity index (χ1v) is 4.47. The summed E-state index contributed by atoms with van der Waals surface area (Å²) >= 11 is 0. The molecule has 1 rings (SSSR count). The van der Waals surface area contributed by atoms with Crippen molar-refractivity contribution in [2.75, 3.05) is 19.7 Å². The Morgan fingerprint density at radius 1 is 1.53 bits per heavy atom. The van der Waals surface area contributed by atoms with Gasteiger partial charge < -0.3 is 21.1 Å². The van der Waals surface area contributed by atoms with E-state index in [1.165, 1.54) is 4.90 Å². The number of hydrogen-bond acceptors (Lipinski definition) is 4. The summed E-state index contributed by atoms with van der Waals surface area (Å²) in [7, 11) is 0. The number of nitrogens with two attached hydrogens (primary N) is 2. The van der Waals surface area contributed by atoms with Gasteiger partial charge in [0.2, 0.25) is 11.8 Å². The number of amides is 2. The van der Waals surface area contributed by atoms with Crippen LogP contribution in [-0.4, -0.2) is 48.6 Å². The maximum atomic E-state index is 11.5. The van der Waals surface area contributed by atoms with Crippen LogP contribution in [0.25, 0.3) is 0 Å². The fourth-order valence-electron chi connectivity index (χ4n) is 1.31. The van der Waals surface area contributed by atoms with Crippen molar-refractivity contribution in [3.63, 3.8) is 0 Å². The first kappa shape index (κ1) is 14.2. The Morgan fingerprint density at radius 2 is 2.13 bits per heavy atom. The summed E-state index contributed by atoms with van der Waals surface area (Å²) in [5.74, 6) is -0.730. The quantitative estimate of drug-likeness (QED) is 0.609. The van der Waals surface area contributed by atoms with E-state index in [0.717, 1.165) is 0 Å². The van der Waals surface area contributed by atoms with Crippen molar-refractivity contribution in [3.8, 4) is 0 Å². The highest BCUT2D eigenvalue weighted by molar-refractivity contribution is 5.85. The molecule has 0 radical (unpaired) electrons. The van der Waals surface area contributed by atoms with Crippen molar-refractivity contribution in [3.05, 3.63) is 0 Å². The van der Waals surface area contributed by atoms with E-state index in [9.17, 15) is 9.59 Å². The van der Waals surface area contributed by atoms with Gasteiger partial charge >= 0.3 is 0 Å². The molecule has 1 saturated heterocycles. The largest absolute Gasteiger partial charge is 0.367 e. The normalized spacial score (nSPS) is 22.8. The summed E-state index contributed by atoms with van der Waals surface area (Å²) in [6.45, 7) is 2.60. The predicted octanol–water partition coefficient (Wildman–Crippen LogP) is -1.53. The number of primary amides is 1. The van der Waals surface area contributed by atoms with Gasteiger partial charge in [0, 0.05) is 6.54 Å². The molecule has 0 bridgehead atoms. The van der Waals surface area contributed by atoms with E-state index in [2.05, 4.69) is 0 Å². The minimum atomic E-state index is -0.702. The molecule has 2 atom stereocenters. The maximum Gasteiger partial charge on any atom is 0.248 e. The van der Waals surface area contributed by atoms with E-state index in [1.807, 2.05) is 0 Å². The first-order chi connectivity index (χ1) is 6.52. The molecule has 2 amide bonds. The number of nitrogens with zero attached hydrogens (tertiary/aromatic N) is 1. The molecule has 4 N–H and O–H groups in total. The lowest BCUT2D eigenvalue weighted by Crippen LogP contribution is -2.53. The summed E-state index contributed by atoms with van der Waals surface area (Å²) in [5, 5.41) is 0. The molecule has 0 saturated carbocycles. The van der Waals surface area contributed by atoms with Crippen LogP contribution in [0, 0.1) is 0 Å². The summed E-state index contributed by atoms with van der Waals surface area (Å²) < 4.78 is 5.09. The number of carbonyl (C=O) groups is 2. The molecule has 0 aliphatic carbocycles. The molecule has 1 aliphatic rings. The molecular weight excluding hydrogens is 222 g/mol. The van der Waals surface area contributed by atoms with E-state index in [1.54, 1.807) is 6.92 Å². The van der Waals surface area contributed by atoms with Gasteiger partial charge in [-0.3, -0.25) is 9.59 Å². The Labute approximate surface area is 94.3 Å². The number of halogens is 1. The van der Waals surface area contributed by atoms with Gasteiger partial charge in [-0.25, -0.2) is 0 Å². The van der Waals surface area contributed by atoms with Gasteiger partial charge in [0.15, 0.2) is 6.10 Å². The molecule has 0 aromatic carbocycles. The molecule has 1 heterocycles. The summed E-state index contributed by atoms with van der Waals surface area (Å²) in [6, 6.07) is -0.554. The third-order valence-corrected chi connectivity index (χ3v) is 2.08. The predicted molar refractivity (Wildman–Crippen MR) is 56.4 cm³/mol. The average molecular weight is 238 g/mol. The van der Waals surface area contributed by atoms with Crippen molar-refractivity contribution in [2.24, 2.45) is 11.5 Å². The molecule has 15 heavy (non-hydrogen) atoms. The van der Waals surface area contributed by atoms with Gasteiger partial charge in [-0.1, -0.05) is 0 Å². The second-order valence-corrected chi connectivity index (χ2v) is 3.33. The summed E-state index contributed by atoms with van der Waals surface area (Å²) in [5.41, 5.74) is 10.5. The Balaban J connectivity index is 0.00000196. The van der Waals surface area contributed by atoms with Gasteiger partial charge in [-0.2, -0.15) is 0 Å². The molecule has 0 aromatic rings. The zero-order chi connectivity index (χ0) is 10.7. The van der Waals surface area contributed by atoms with Crippen LogP contribution in [0.5, 0.6) is 0 Å². The molecule has 0 spiro atoms. The van der Waals surface area contributed by atoms with Crippen LogP contribution in [0.4, 0.5) is 0 Å². The Hall–Kier alpha value is -0.850. The Kier molecular flexibility index (Phi) is 5.56.